The number of hydrogen-bond acceptors (Lipinski definition) is 2. The smallest absolute Gasteiger partial charge is 0.328 e. The number of halogens is 1. The molecular weight excluding hydrogens is 266 g/mol. The van der Waals surface area contributed by atoms with E-state index in [4.69, 9.17) is 16.7 Å². The van der Waals surface area contributed by atoms with Gasteiger partial charge in [-0.1, -0.05) is 17.7 Å². The largest absolute Gasteiger partial charge is 0.478 e. The van der Waals surface area contributed by atoms with E-state index in [2.05, 4.69) is 0 Å². The molecule has 1 rings (SSSR count). The Kier molecular flexibility index (Phi) is 5.12. The van der Waals surface area contributed by atoms with Gasteiger partial charge in [-0.15, -0.1) is 0 Å². The number of nitrogens with zero attached hydrogens (tertiary/aromatic N) is 1. The van der Waals surface area contributed by atoms with Gasteiger partial charge in [0.15, 0.2) is 0 Å². The van der Waals surface area contributed by atoms with Crippen molar-refractivity contribution in [3.8, 4) is 0 Å². The van der Waals surface area contributed by atoms with Crippen molar-refractivity contribution < 1.29 is 14.7 Å². The Balaban J connectivity index is 3.00. The molecule has 1 amide bonds. The maximum atomic E-state index is 12.1. The van der Waals surface area contributed by atoms with Crippen LogP contribution in [0, 0.1) is 0 Å². The third-order valence-electron chi connectivity index (χ3n) is 2.75. The molecule has 1 aromatic carbocycles. The lowest BCUT2D eigenvalue weighted by Crippen LogP contribution is -2.32. The summed E-state index contributed by atoms with van der Waals surface area (Å²) in [5.74, 6) is -1.17. The predicted octanol–water partition coefficient (Wildman–Crippen LogP) is 2.92. The first-order valence-electron chi connectivity index (χ1n) is 5.80. The van der Waals surface area contributed by atoms with Gasteiger partial charge in [0.1, 0.15) is 0 Å². The SMILES string of the molecule is CC(C)N(C)C(=O)c1ccc(/C=C/C(=O)O)c(Cl)c1. The Morgan fingerprint density at radius 1 is 1.37 bits per heavy atom. The highest BCUT2D eigenvalue weighted by atomic mass is 35.5. The molecule has 0 heterocycles. The standard InChI is InChI=1S/C14H16ClNO3/c1-9(2)16(3)14(19)11-5-4-10(12(15)8-11)6-7-13(17)18/h4-9H,1-3H3,(H,17,18)/b7-6+. The molecule has 0 atom stereocenters. The maximum absolute atomic E-state index is 12.1. The number of hydrogen-bond donors (Lipinski definition) is 1. The fourth-order valence-electron chi connectivity index (χ4n) is 1.39. The lowest BCUT2D eigenvalue weighted by atomic mass is 10.1. The second-order valence-corrected chi connectivity index (χ2v) is 4.82. The quantitative estimate of drug-likeness (QED) is 0.863. The Hall–Kier alpha value is -1.81. The number of carboxylic acids is 1. The van der Waals surface area contributed by atoms with Crippen molar-refractivity contribution in [2.45, 2.75) is 19.9 Å². The summed E-state index contributed by atoms with van der Waals surface area (Å²) in [5, 5.41) is 8.90. The molecule has 19 heavy (non-hydrogen) atoms. The van der Waals surface area contributed by atoms with E-state index in [0.717, 1.165) is 6.08 Å². The van der Waals surface area contributed by atoms with Gasteiger partial charge in [0.25, 0.3) is 5.91 Å². The summed E-state index contributed by atoms with van der Waals surface area (Å²) in [5.41, 5.74) is 1.04. The van der Waals surface area contributed by atoms with Crippen LogP contribution in [0.3, 0.4) is 0 Å². The van der Waals surface area contributed by atoms with Crippen LogP contribution < -0.4 is 0 Å². The molecule has 0 aliphatic carbocycles. The number of aliphatic carboxylic acids is 1. The van der Waals surface area contributed by atoms with Crippen LogP contribution in [-0.2, 0) is 4.79 Å². The molecular formula is C14H16ClNO3. The summed E-state index contributed by atoms with van der Waals surface area (Å²) in [6.07, 6.45) is 2.40. The number of benzene rings is 1. The zero-order valence-corrected chi connectivity index (χ0v) is 11.8. The van der Waals surface area contributed by atoms with E-state index in [9.17, 15) is 9.59 Å². The number of carbonyl (C=O) groups excluding carboxylic acids is 1. The van der Waals surface area contributed by atoms with Crippen molar-refractivity contribution in [2.24, 2.45) is 0 Å². The number of carboxylic acid groups (broad SMARTS) is 1. The molecule has 0 saturated heterocycles. The summed E-state index contributed by atoms with van der Waals surface area (Å²) in [6, 6.07) is 4.90. The van der Waals surface area contributed by atoms with Crippen molar-refractivity contribution in [1.82, 2.24) is 4.90 Å². The number of carbonyl (C=O) groups is 2. The molecule has 0 bridgehead atoms. The molecule has 0 unspecified atom stereocenters. The van der Waals surface area contributed by atoms with Crippen LogP contribution >= 0.6 is 11.6 Å². The van der Waals surface area contributed by atoms with E-state index in [1.165, 1.54) is 6.08 Å². The summed E-state index contributed by atoms with van der Waals surface area (Å²) in [4.78, 5) is 24.1. The molecule has 0 fully saturated rings. The lowest BCUT2D eigenvalue weighted by Gasteiger charge is -2.21. The molecule has 0 aliphatic rings. The second-order valence-electron chi connectivity index (χ2n) is 4.42. The molecule has 0 radical (unpaired) electrons. The molecule has 0 aliphatic heterocycles. The summed E-state index contributed by atoms with van der Waals surface area (Å²) >= 11 is 6.03. The monoisotopic (exact) mass is 281 g/mol. The van der Waals surface area contributed by atoms with Gasteiger partial charge in [0.2, 0.25) is 0 Å². The van der Waals surface area contributed by atoms with E-state index < -0.39 is 5.97 Å². The topological polar surface area (TPSA) is 57.6 Å². The van der Waals surface area contributed by atoms with Gasteiger partial charge in [-0.05, 0) is 37.6 Å². The van der Waals surface area contributed by atoms with Crippen molar-refractivity contribution in [2.75, 3.05) is 7.05 Å². The van der Waals surface area contributed by atoms with E-state index in [-0.39, 0.29) is 11.9 Å². The highest BCUT2D eigenvalue weighted by Gasteiger charge is 2.15. The molecule has 0 spiro atoms. The van der Waals surface area contributed by atoms with Crippen LogP contribution in [0.2, 0.25) is 5.02 Å². The van der Waals surface area contributed by atoms with Crippen LogP contribution in [0.5, 0.6) is 0 Å². The van der Waals surface area contributed by atoms with Crippen LogP contribution in [0.1, 0.15) is 29.8 Å². The van der Waals surface area contributed by atoms with Crippen LogP contribution in [0.4, 0.5) is 0 Å². The van der Waals surface area contributed by atoms with E-state index in [0.29, 0.717) is 16.1 Å². The highest BCUT2D eigenvalue weighted by Crippen LogP contribution is 2.20. The van der Waals surface area contributed by atoms with Crippen LogP contribution in [-0.4, -0.2) is 35.0 Å². The highest BCUT2D eigenvalue weighted by molar-refractivity contribution is 6.32. The Morgan fingerprint density at radius 2 is 2.00 bits per heavy atom. The average molecular weight is 282 g/mol. The van der Waals surface area contributed by atoms with Gasteiger partial charge in [-0.2, -0.15) is 0 Å². The van der Waals surface area contributed by atoms with Crippen molar-refractivity contribution >= 4 is 29.6 Å². The Labute approximate surface area is 117 Å². The lowest BCUT2D eigenvalue weighted by molar-refractivity contribution is -0.131. The zero-order chi connectivity index (χ0) is 14.6. The second kappa shape index (κ2) is 6.38. The fraction of sp³-hybridized carbons (Fsp3) is 0.286. The van der Waals surface area contributed by atoms with E-state index >= 15 is 0 Å². The predicted molar refractivity (Wildman–Crippen MR) is 75.4 cm³/mol. The van der Waals surface area contributed by atoms with Crippen molar-refractivity contribution in [3.05, 3.63) is 40.4 Å². The van der Waals surface area contributed by atoms with Gasteiger partial charge in [-0.3, -0.25) is 4.79 Å². The van der Waals surface area contributed by atoms with Crippen molar-refractivity contribution in [1.29, 1.82) is 0 Å². The van der Waals surface area contributed by atoms with Gasteiger partial charge in [0, 0.05) is 29.8 Å². The van der Waals surface area contributed by atoms with E-state index in [1.807, 2.05) is 13.8 Å². The number of amides is 1. The summed E-state index contributed by atoms with van der Waals surface area (Å²) in [7, 11) is 1.72. The zero-order valence-electron chi connectivity index (χ0n) is 11.1. The third kappa shape index (κ3) is 4.10. The van der Waals surface area contributed by atoms with Crippen LogP contribution in [0.15, 0.2) is 24.3 Å². The molecule has 0 saturated carbocycles. The van der Waals surface area contributed by atoms with Gasteiger partial charge >= 0.3 is 5.97 Å². The Morgan fingerprint density at radius 3 is 2.47 bits per heavy atom. The molecule has 102 valence electrons. The maximum Gasteiger partial charge on any atom is 0.328 e. The van der Waals surface area contributed by atoms with Gasteiger partial charge in [0.05, 0.1) is 0 Å². The minimum atomic E-state index is -1.05. The summed E-state index contributed by atoms with van der Waals surface area (Å²) < 4.78 is 0. The average Bonchev–Trinajstić information content (AvgIpc) is 2.35. The van der Waals surface area contributed by atoms with Crippen LogP contribution in [0.25, 0.3) is 6.08 Å². The van der Waals surface area contributed by atoms with Gasteiger partial charge < -0.3 is 10.0 Å². The molecule has 4 nitrogen and oxygen atoms in total. The molecule has 0 aromatic heterocycles. The fourth-order valence-corrected chi connectivity index (χ4v) is 1.64. The first-order valence-corrected chi connectivity index (χ1v) is 6.18. The molecule has 1 aromatic rings. The number of rotatable bonds is 4. The Bertz CT molecular complexity index is 523. The normalized spacial score (nSPS) is 11.0. The molecule has 5 heteroatoms. The summed E-state index contributed by atoms with van der Waals surface area (Å²) in [6.45, 7) is 3.84. The van der Waals surface area contributed by atoms with Gasteiger partial charge in [-0.25, -0.2) is 4.79 Å². The first-order chi connectivity index (χ1) is 8.82. The third-order valence-corrected chi connectivity index (χ3v) is 3.08. The minimum Gasteiger partial charge on any atom is -0.478 e. The van der Waals surface area contributed by atoms with E-state index in [1.54, 1.807) is 30.1 Å². The minimum absolute atomic E-state index is 0.0952. The molecule has 1 N–H and O–H groups in total. The van der Waals surface area contributed by atoms with Crippen molar-refractivity contribution in [3.63, 3.8) is 0 Å². The first kappa shape index (κ1) is 15.2.